The molecule has 0 N–H and O–H groups in total. The van der Waals surface area contributed by atoms with Crippen LogP contribution in [0.1, 0.15) is 20.8 Å². The zero-order valence-electron chi connectivity index (χ0n) is 9.43. The lowest BCUT2D eigenvalue weighted by Gasteiger charge is -2.40. The van der Waals surface area contributed by atoms with Crippen molar-refractivity contribution in [2.45, 2.75) is 33.4 Å². The van der Waals surface area contributed by atoms with Gasteiger partial charge in [-0.2, -0.15) is 0 Å². The third-order valence-electron chi connectivity index (χ3n) is 2.38. The summed E-state index contributed by atoms with van der Waals surface area (Å²) in [6.45, 7) is 7.04. The number of likely N-dealkylation sites (N-methyl/N-ethyl adjacent to an activating group) is 1. The smallest absolute Gasteiger partial charge is 0.166 e. The van der Waals surface area contributed by atoms with Gasteiger partial charge in [0.05, 0.1) is 0 Å². The van der Waals surface area contributed by atoms with Gasteiger partial charge in [-0.25, -0.2) is 8.78 Å². The fourth-order valence-corrected chi connectivity index (χ4v) is 1.69. The van der Waals surface area contributed by atoms with E-state index < -0.39 is 12.6 Å². The van der Waals surface area contributed by atoms with Crippen LogP contribution in [0, 0.1) is 5.41 Å². The van der Waals surface area contributed by atoms with Crippen molar-refractivity contribution in [1.29, 1.82) is 0 Å². The van der Waals surface area contributed by atoms with E-state index in [2.05, 4.69) is 0 Å². The minimum Gasteiger partial charge on any atom is -0.272 e. The van der Waals surface area contributed by atoms with Crippen LogP contribution >= 0.6 is 0 Å². The monoisotopic (exact) mass is 206 g/mol. The van der Waals surface area contributed by atoms with E-state index in [4.69, 9.17) is 0 Å². The van der Waals surface area contributed by atoms with Crippen molar-refractivity contribution in [3.63, 3.8) is 0 Å². The Morgan fingerprint density at radius 2 is 1.71 bits per heavy atom. The Balaban J connectivity index is 2.53. The molecular formula is C10H20F2N2. The summed E-state index contributed by atoms with van der Waals surface area (Å²) in [5.74, 6) is 0. The van der Waals surface area contributed by atoms with Crippen LogP contribution < -0.4 is 0 Å². The lowest BCUT2D eigenvalue weighted by molar-refractivity contribution is -0.0741. The molecule has 0 aliphatic carbocycles. The van der Waals surface area contributed by atoms with Crippen molar-refractivity contribution in [2.75, 3.05) is 26.7 Å². The SMILES string of the molecule is CN1CC(F)N(CC(C)(C)C)CC1F. The zero-order chi connectivity index (χ0) is 10.9. The van der Waals surface area contributed by atoms with Gasteiger partial charge in [0.25, 0.3) is 0 Å². The normalized spacial score (nSPS) is 32.1. The molecule has 14 heavy (non-hydrogen) atoms. The second-order valence-corrected chi connectivity index (χ2v) is 5.30. The van der Waals surface area contributed by atoms with Crippen molar-refractivity contribution in [3.05, 3.63) is 0 Å². The molecule has 84 valence electrons. The van der Waals surface area contributed by atoms with E-state index in [1.165, 1.54) is 4.90 Å². The van der Waals surface area contributed by atoms with Gasteiger partial charge < -0.3 is 0 Å². The number of hydrogen-bond donors (Lipinski definition) is 0. The zero-order valence-corrected chi connectivity index (χ0v) is 9.43. The first-order valence-electron chi connectivity index (χ1n) is 5.02. The maximum Gasteiger partial charge on any atom is 0.166 e. The highest BCUT2D eigenvalue weighted by molar-refractivity contribution is 4.80. The van der Waals surface area contributed by atoms with E-state index in [0.717, 1.165) is 0 Å². The fourth-order valence-electron chi connectivity index (χ4n) is 1.69. The molecule has 1 heterocycles. The van der Waals surface area contributed by atoms with Crippen LogP contribution in [0.2, 0.25) is 0 Å². The van der Waals surface area contributed by atoms with E-state index >= 15 is 0 Å². The summed E-state index contributed by atoms with van der Waals surface area (Å²) in [5, 5.41) is 0. The Morgan fingerprint density at radius 1 is 1.14 bits per heavy atom. The predicted molar refractivity (Wildman–Crippen MR) is 53.5 cm³/mol. The van der Waals surface area contributed by atoms with E-state index in [9.17, 15) is 8.78 Å². The Labute approximate surface area is 84.9 Å². The molecule has 2 nitrogen and oxygen atoms in total. The van der Waals surface area contributed by atoms with Gasteiger partial charge in [0.15, 0.2) is 12.6 Å². The van der Waals surface area contributed by atoms with Gasteiger partial charge in [-0.15, -0.1) is 0 Å². The molecule has 0 spiro atoms. The molecule has 0 radical (unpaired) electrons. The van der Waals surface area contributed by atoms with Gasteiger partial charge in [-0.05, 0) is 12.5 Å². The Kier molecular flexibility index (Phi) is 3.48. The molecule has 4 heteroatoms. The lowest BCUT2D eigenvalue weighted by atomic mass is 9.95. The summed E-state index contributed by atoms with van der Waals surface area (Å²) in [4.78, 5) is 3.01. The fraction of sp³-hybridized carbons (Fsp3) is 1.00. The first kappa shape index (κ1) is 11.9. The molecule has 1 rings (SSSR count). The van der Waals surface area contributed by atoms with Crippen molar-refractivity contribution in [3.8, 4) is 0 Å². The van der Waals surface area contributed by atoms with E-state index in [0.29, 0.717) is 6.54 Å². The predicted octanol–water partition coefficient (Wildman–Crippen LogP) is 1.87. The number of hydrogen-bond acceptors (Lipinski definition) is 2. The first-order valence-corrected chi connectivity index (χ1v) is 5.02. The van der Waals surface area contributed by atoms with E-state index in [1.807, 2.05) is 20.8 Å². The molecule has 2 unspecified atom stereocenters. The number of rotatable bonds is 1. The van der Waals surface area contributed by atoms with Crippen molar-refractivity contribution >= 4 is 0 Å². The molecule has 2 atom stereocenters. The minimum absolute atomic E-state index is 0.0139. The molecule has 0 aromatic carbocycles. The summed E-state index contributed by atoms with van der Waals surface area (Å²) in [6, 6.07) is 0. The molecule has 0 aromatic rings. The molecule has 1 saturated heterocycles. The second kappa shape index (κ2) is 4.11. The lowest BCUT2D eigenvalue weighted by Crippen LogP contribution is -2.55. The van der Waals surface area contributed by atoms with Gasteiger partial charge in [0.2, 0.25) is 0 Å². The Bertz CT molecular complexity index is 191. The number of piperazine rings is 1. The van der Waals surface area contributed by atoms with Crippen LogP contribution in [-0.2, 0) is 0 Å². The number of nitrogens with zero attached hydrogens (tertiary/aromatic N) is 2. The van der Waals surface area contributed by atoms with Crippen LogP contribution in [0.5, 0.6) is 0 Å². The van der Waals surface area contributed by atoms with Crippen LogP contribution in [0.15, 0.2) is 0 Å². The highest BCUT2D eigenvalue weighted by Crippen LogP contribution is 2.22. The Hall–Kier alpha value is -0.220. The highest BCUT2D eigenvalue weighted by atomic mass is 19.1. The third kappa shape index (κ3) is 3.17. The summed E-state index contributed by atoms with van der Waals surface area (Å²) in [6.07, 6.45) is -2.07. The van der Waals surface area contributed by atoms with Crippen LogP contribution in [0.25, 0.3) is 0 Å². The summed E-state index contributed by atoms with van der Waals surface area (Å²) in [7, 11) is 1.62. The summed E-state index contributed by atoms with van der Waals surface area (Å²) in [5.41, 5.74) is 0.0139. The minimum atomic E-state index is -1.04. The topological polar surface area (TPSA) is 6.48 Å². The maximum absolute atomic E-state index is 13.5. The average molecular weight is 206 g/mol. The molecule has 1 aliphatic heterocycles. The first-order chi connectivity index (χ1) is 6.29. The third-order valence-corrected chi connectivity index (χ3v) is 2.38. The molecule has 1 aliphatic rings. The highest BCUT2D eigenvalue weighted by Gasteiger charge is 2.33. The van der Waals surface area contributed by atoms with Crippen LogP contribution in [-0.4, -0.2) is 49.1 Å². The van der Waals surface area contributed by atoms with Crippen molar-refractivity contribution in [1.82, 2.24) is 9.80 Å². The molecule has 0 saturated carbocycles. The van der Waals surface area contributed by atoms with E-state index in [1.54, 1.807) is 11.9 Å². The van der Waals surface area contributed by atoms with Gasteiger partial charge in [0, 0.05) is 19.6 Å². The van der Waals surface area contributed by atoms with Crippen molar-refractivity contribution in [2.24, 2.45) is 5.41 Å². The van der Waals surface area contributed by atoms with Crippen LogP contribution in [0.4, 0.5) is 8.78 Å². The number of halogens is 2. The summed E-state index contributed by atoms with van der Waals surface area (Å²) < 4.78 is 26.8. The van der Waals surface area contributed by atoms with Gasteiger partial charge >= 0.3 is 0 Å². The van der Waals surface area contributed by atoms with Gasteiger partial charge in [-0.3, -0.25) is 9.80 Å². The largest absolute Gasteiger partial charge is 0.272 e. The standard InChI is InChI=1S/C10H20F2N2/c1-10(2,3)7-14-6-8(11)13(4)5-9(14)12/h8-9H,5-7H2,1-4H3. The molecule has 0 bridgehead atoms. The summed E-state index contributed by atoms with van der Waals surface area (Å²) >= 11 is 0. The Morgan fingerprint density at radius 3 is 2.21 bits per heavy atom. The van der Waals surface area contributed by atoms with Crippen molar-refractivity contribution < 1.29 is 8.78 Å². The number of alkyl halides is 2. The van der Waals surface area contributed by atoms with Gasteiger partial charge in [0.1, 0.15) is 0 Å². The van der Waals surface area contributed by atoms with E-state index in [-0.39, 0.29) is 18.5 Å². The quantitative estimate of drug-likeness (QED) is 0.604. The second-order valence-electron chi connectivity index (χ2n) is 5.30. The molecule has 0 amide bonds. The maximum atomic E-state index is 13.5. The molecular weight excluding hydrogens is 186 g/mol. The van der Waals surface area contributed by atoms with Crippen LogP contribution in [0.3, 0.4) is 0 Å². The molecule has 1 fully saturated rings. The average Bonchev–Trinajstić information content (AvgIpc) is 1.97. The van der Waals surface area contributed by atoms with Gasteiger partial charge in [-0.1, -0.05) is 20.8 Å². The molecule has 0 aromatic heterocycles.